The zero-order valence-electron chi connectivity index (χ0n) is 21.9. The predicted molar refractivity (Wildman–Crippen MR) is 161 cm³/mol. The molecule has 3 heterocycles. The molecule has 0 aliphatic carbocycles. The molecular weight excluding hydrogens is 574 g/mol. The number of thioether (sulfide) groups is 1. The molecule has 1 N–H and O–H groups in total. The van der Waals surface area contributed by atoms with Gasteiger partial charge >= 0.3 is 4.87 Å². The summed E-state index contributed by atoms with van der Waals surface area (Å²) in [6, 6.07) is 28.0. The molecule has 2 aliphatic heterocycles. The summed E-state index contributed by atoms with van der Waals surface area (Å²) in [4.78, 5) is 55.5. The first-order valence-corrected chi connectivity index (χ1v) is 15.0. The fourth-order valence-electron chi connectivity index (χ4n) is 5.73. The molecule has 10 heteroatoms. The van der Waals surface area contributed by atoms with E-state index in [1.54, 1.807) is 0 Å². The minimum absolute atomic E-state index is 0.243. The van der Waals surface area contributed by atoms with Gasteiger partial charge in [-0.3, -0.25) is 23.7 Å². The summed E-state index contributed by atoms with van der Waals surface area (Å²) in [5.74, 6) is -3.00. The Morgan fingerprint density at radius 1 is 0.833 bits per heavy atom. The van der Waals surface area contributed by atoms with Crippen molar-refractivity contribution in [3.05, 3.63) is 123 Å². The highest BCUT2D eigenvalue weighted by molar-refractivity contribution is 8.00. The number of benzene rings is 4. The van der Waals surface area contributed by atoms with Crippen molar-refractivity contribution in [3.8, 4) is 0 Å². The van der Waals surface area contributed by atoms with Crippen molar-refractivity contribution in [2.24, 2.45) is 5.92 Å². The van der Waals surface area contributed by atoms with E-state index in [-0.39, 0.29) is 17.3 Å². The molecule has 42 heavy (non-hydrogen) atoms. The quantitative estimate of drug-likeness (QED) is 0.266. The van der Waals surface area contributed by atoms with Gasteiger partial charge in [0.15, 0.2) is 0 Å². The molecular formula is C32H22FN3O4S2. The summed E-state index contributed by atoms with van der Waals surface area (Å²) >= 11 is 2.14. The van der Waals surface area contributed by atoms with Gasteiger partial charge in [0.25, 0.3) is 0 Å². The Hall–Kier alpha value is -4.54. The topological polar surface area (TPSA) is 88.5 Å². The zero-order chi connectivity index (χ0) is 29.0. The first-order chi connectivity index (χ1) is 20.4. The highest BCUT2D eigenvalue weighted by Crippen LogP contribution is 2.53. The van der Waals surface area contributed by atoms with E-state index < -0.39 is 34.7 Å². The lowest BCUT2D eigenvalue weighted by Gasteiger charge is -2.30. The zero-order valence-corrected chi connectivity index (χ0v) is 23.5. The number of amides is 3. The molecule has 3 atom stereocenters. The average molecular weight is 596 g/mol. The minimum atomic E-state index is -0.816. The number of aromatic nitrogens is 1. The fourth-order valence-corrected chi connectivity index (χ4v) is 8.50. The summed E-state index contributed by atoms with van der Waals surface area (Å²) in [5, 5.41) is 4.59. The van der Waals surface area contributed by atoms with Gasteiger partial charge in [-0.25, -0.2) is 9.29 Å². The maximum atomic E-state index is 13.8. The first-order valence-electron chi connectivity index (χ1n) is 13.3. The SMILES string of the molecule is O=C(Cn1c2c(sc1=O)C(c1ccccc1)C1C(=O)N(c3ccc(F)cc3)C(=O)C1S2)Nc1ccc2ccccc2c1. The summed E-state index contributed by atoms with van der Waals surface area (Å²) in [5.41, 5.74) is 1.70. The highest BCUT2D eigenvalue weighted by atomic mass is 32.2. The van der Waals surface area contributed by atoms with Gasteiger partial charge < -0.3 is 5.32 Å². The summed E-state index contributed by atoms with van der Waals surface area (Å²) in [7, 11) is 0. The van der Waals surface area contributed by atoms with Crippen LogP contribution in [0.1, 0.15) is 16.4 Å². The molecule has 3 unspecified atom stereocenters. The lowest BCUT2D eigenvalue weighted by Crippen LogP contribution is -2.33. The Labute approximate surface area is 247 Å². The molecule has 5 aromatic rings. The molecule has 0 radical (unpaired) electrons. The van der Waals surface area contributed by atoms with Gasteiger partial charge in [0, 0.05) is 16.5 Å². The smallest absolute Gasteiger partial charge is 0.308 e. The van der Waals surface area contributed by atoms with Gasteiger partial charge in [0.05, 0.1) is 16.6 Å². The van der Waals surface area contributed by atoms with Crippen LogP contribution in [0.2, 0.25) is 0 Å². The van der Waals surface area contributed by atoms with E-state index in [1.807, 2.05) is 72.8 Å². The number of carbonyl (C=O) groups excluding carboxylic acids is 3. The normalized spacial score (nSPS) is 19.5. The van der Waals surface area contributed by atoms with Crippen molar-refractivity contribution in [1.82, 2.24) is 4.57 Å². The summed E-state index contributed by atoms with van der Waals surface area (Å²) in [6.45, 7) is -0.243. The van der Waals surface area contributed by atoms with Crippen molar-refractivity contribution >= 4 is 63.0 Å². The summed E-state index contributed by atoms with van der Waals surface area (Å²) in [6.07, 6.45) is 0. The van der Waals surface area contributed by atoms with Crippen LogP contribution in [-0.2, 0) is 20.9 Å². The van der Waals surface area contributed by atoms with Gasteiger partial charge in [0.2, 0.25) is 17.7 Å². The van der Waals surface area contributed by atoms with E-state index in [4.69, 9.17) is 0 Å². The number of anilines is 2. The number of hydrogen-bond acceptors (Lipinski definition) is 6. The third kappa shape index (κ3) is 4.43. The maximum absolute atomic E-state index is 13.8. The molecule has 0 spiro atoms. The van der Waals surface area contributed by atoms with Crippen LogP contribution in [0.4, 0.5) is 15.8 Å². The number of halogens is 1. The molecule has 1 fully saturated rings. The number of rotatable bonds is 5. The number of thiazole rings is 1. The van der Waals surface area contributed by atoms with Crippen LogP contribution < -0.4 is 15.1 Å². The predicted octanol–water partition coefficient (Wildman–Crippen LogP) is 5.64. The average Bonchev–Trinajstić information content (AvgIpc) is 3.44. The van der Waals surface area contributed by atoms with Crippen LogP contribution in [0, 0.1) is 11.7 Å². The first kappa shape index (κ1) is 26.4. The second-order valence-corrected chi connectivity index (χ2v) is 12.3. The molecule has 2 aliphatic rings. The standard InChI is InChI=1S/C32H22FN3O4S2/c33-21-11-14-23(15-12-21)36-29(38)26-25(19-7-2-1-3-8-19)28-31(41-27(26)30(36)39)35(32(40)42-28)17-24(37)34-22-13-10-18-6-4-5-9-20(18)16-22/h1-16,25-27H,17H2,(H,34,37). The van der Waals surface area contributed by atoms with E-state index in [2.05, 4.69) is 5.32 Å². The van der Waals surface area contributed by atoms with Gasteiger partial charge in [0.1, 0.15) is 17.6 Å². The van der Waals surface area contributed by atoms with Crippen molar-refractivity contribution in [2.75, 3.05) is 10.2 Å². The number of carbonyl (C=O) groups is 3. The number of fused-ring (bicyclic) bond motifs is 3. The van der Waals surface area contributed by atoms with Gasteiger partial charge in [-0.05, 0) is 52.7 Å². The molecule has 0 bridgehead atoms. The van der Waals surface area contributed by atoms with Crippen LogP contribution in [0.3, 0.4) is 0 Å². The largest absolute Gasteiger partial charge is 0.325 e. The molecule has 7 rings (SSSR count). The van der Waals surface area contributed by atoms with Crippen molar-refractivity contribution in [1.29, 1.82) is 0 Å². The maximum Gasteiger partial charge on any atom is 0.308 e. The van der Waals surface area contributed by atoms with Gasteiger partial charge in [-0.2, -0.15) is 0 Å². The van der Waals surface area contributed by atoms with Gasteiger partial charge in [-0.15, -0.1) is 0 Å². The Bertz CT molecular complexity index is 1940. The molecule has 208 valence electrons. The third-order valence-electron chi connectivity index (χ3n) is 7.63. The summed E-state index contributed by atoms with van der Waals surface area (Å²) < 4.78 is 15.0. The van der Waals surface area contributed by atoms with E-state index in [0.717, 1.165) is 44.3 Å². The number of hydrogen-bond donors (Lipinski definition) is 1. The Morgan fingerprint density at radius 2 is 1.55 bits per heavy atom. The van der Waals surface area contributed by atoms with Crippen LogP contribution in [-0.4, -0.2) is 27.5 Å². The van der Waals surface area contributed by atoms with Crippen LogP contribution in [0.5, 0.6) is 0 Å². The Kier molecular flexibility index (Phi) is 6.52. The second kappa shape index (κ2) is 10.4. The molecule has 3 amide bonds. The monoisotopic (exact) mass is 595 g/mol. The molecule has 0 saturated carbocycles. The van der Waals surface area contributed by atoms with Crippen LogP contribution in [0.25, 0.3) is 10.8 Å². The van der Waals surface area contributed by atoms with Crippen molar-refractivity contribution in [2.45, 2.75) is 22.7 Å². The van der Waals surface area contributed by atoms with E-state index >= 15 is 0 Å². The minimum Gasteiger partial charge on any atom is -0.325 e. The van der Waals surface area contributed by atoms with Crippen molar-refractivity contribution in [3.63, 3.8) is 0 Å². The lowest BCUT2D eigenvalue weighted by molar-refractivity contribution is -0.122. The van der Waals surface area contributed by atoms with E-state index in [0.29, 0.717) is 21.3 Å². The molecule has 4 aromatic carbocycles. The highest BCUT2D eigenvalue weighted by Gasteiger charge is 2.56. The number of nitrogens with one attached hydrogen (secondary N) is 1. The molecule has 1 aromatic heterocycles. The second-order valence-electron chi connectivity index (χ2n) is 10.2. The van der Waals surface area contributed by atoms with E-state index in [9.17, 15) is 23.6 Å². The number of imide groups is 1. The lowest BCUT2D eigenvalue weighted by atomic mass is 9.83. The Morgan fingerprint density at radius 3 is 2.31 bits per heavy atom. The third-order valence-corrected chi connectivity index (χ3v) is 10.2. The van der Waals surface area contributed by atoms with Crippen LogP contribution in [0.15, 0.2) is 107 Å². The van der Waals surface area contributed by atoms with Crippen LogP contribution >= 0.6 is 23.1 Å². The molecule has 7 nitrogen and oxygen atoms in total. The fraction of sp³-hybridized carbons (Fsp3) is 0.125. The van der Waals surface area contributed by atoms with E-state index in [1.165, 1.54) is 28.8 Å². The Balaban J connectivity index is 1.25. The van der Waals surface area contributed by atoms with Gasteiger partial charge in [-0.1, -0.05) is 83.8 Å². The number of nitrogens with zero attached hydrogens (tertiary/aromatic N) is 2. The molecule has 1 saturated heterocycles. The van der Waals surface area contributed by atoms with Crippen molar-refractivity contribution < 1.29 is 18.8 Å².